The average Bonchev–Trinajstić information content (AvgIpc) is 2.55. The van der Waals surface area contributed by atoms with E-state index in [1.54, 1.807) is 37.2 Å². The summed E-state index contributed by atoms with van der Waals surface area (Å²) in [6, 6.07) is 3.13. The standard InChI is InChI=1S/C16H18N4O3/c1-11-10-13(21)23-12(2)14(11)15(22)19-6-8-20(9-7-19)16-17-4-3-5-18-16/h3-5,10H,6-9H2,1-2H3. The Bertz CT molecular complexity index is 738. The minimum Gasteiger partial charge on any atom is -0.427 e. The molecule has 3 heterocycles. The number of carbonyl (C=O) groups is 1. The van der Waals surface area contributed by atoms with E-state index in [4.69, 9.17) is 4.42 Å². The Kier molecular flexibility index (Phi) is 4.10. The van der Waals surface area contributed by atoms with Crippen LogP contribution in [0.25, 0.3) is 0 Å². The molecule has 1 fully saturated rings. The Morgan fingerprint density at radius 1 is 1.13 bits per heavy atom. The van der Waals surface area contributed by atoms with Gasteiger partial charge in [-0.2, -0.15) is 0 Å². The number of piperazine rings is 1. The van der Waals surface area contributed by atoms with E-state index in [9.17, 15) is 9.59 Å². The molecule has 0 spiro atoms. The molecular formula is C16H18N4O3. The van der Waals surface area contributed by atoms with Crippen molar-refractivity contribution in [1.82, 2.24) is 14.9 Å². The lowest BCUT2D eigenvalue weighted by molar-refractivity contribution is 0.0741. The number of hydrogen-bond acceptors (Lipinski definition) is 6. The summed E-state index contributed by atoms with van der Waals surface area (Å²) in [6.45, 7) is 5.90. The van der Waals surface area contributed by atoms with Crippen LogP contribution in [0.3, 0.4) is 0 Å². The van der Waals surface area contributed by atoms with E-state index < -0.39 is 5.63 Å². The van der Waals surface area contributed by atoms with Crippen molar-refractivity contribution in [3.8, 4) is 0 Å². The van der Waals surface area contributed by atoms with Gasteiger partial charge in [-0.1, -0.05) is 0 Å². The van der Waals surface area contributed by atoms with Crippen molar-refractivity contribution in [2.24, 2.45) is 0 Å². The van der Waals surface area contributed by atoms with Gasteiger partial charge >= 0.3 is 5.63 Å². The van der Waals surface area contributed by atoms with Crippen molar-refractivity contribution in [1.29, 1.82) is 0 Å². The Morgan fingerprint density at radius 3 is 2.39 bits per heavy atom. The molecule has 23 heavy (non-hydrogen) atoms. The molecule has 1 saturated heterocycles. The molecule has 1 aliphatic rings. The van der Waals surface area contributed by atoms with Gasteiger partial charge in [-0.3, -0.25) is 4.79 Å². The average molecular weight is 314 g/mol. The lowest BCUT2D eigenvalue weighted by Gasteiger charge is -2.35. The number of aryl methyl sites for hydroxylation is 2. The molecule has 0 aromatic carbocycles. The third kappa shape index (κ3) is 3.08. The largest absolute Gasteiger partial charge is 0.427 e. The van der Waals surface area contributed by atoms with Gasteiger partial charge < -0.3 is 14.2 Å². The van der Waals surface area contributed by atoms with Crippen LogP contribution < -0.4 is 10.5 Å². The minimum absolute atomic E-state index is 0.0996. The van der Waals surface area contributed by atoms with Crippen molar-refractivity contribution >= 4 is 11.9 Å². The summed E-state index contributed by atoms with van der Waals surface area (Å²) in [5.74, 6) is 0.948. The summed E-state index contributed by atoms with van der Waals surface area (Å²) in [6.07, 6.45) is 3.41. The predicted molar refractivity (Wildman–Crippen MR) is 84.6 cm³/mol. The van der Waals surface area contributed by atoms with Crippen LogP contribution in [0.2, 0.25) is 0 Å². The third-order valence-corrected chi connectivity index (χ3v) is 3.95. The van der Waals surface area contributed by atoms with Gasteiger partial charge in [0.2, 0.25) is 5.95 Å². The molecule has 0 aliphatic carbocycles. The molecule has 0 saturated carbocycles. The van der Waals surface area contributed by atoms with Crippen LogP contribution in [0.5, 0.6) is 0 Å². The highest BCUT2D eigenvalue weighted by Gasteiger charge is 2.26. The Balaban J connectivity index is 1.73. The zero-order chi connectivity index (χ0) is 16.4. The Labute approximate surface area is 133 Å². The molecule has 120 valence electrons. The molecular weight excluding hydrogens is 296 g/mol. The molecule has 7 heteroatoms. The number of rotatable bonds is 2. The Hall–Kier alpha value is -2.70. The summed E-state index contributed by atoms with van der Waals surface area (Å²) in [5, 5.41) is 0. The van der Waals surface area contributed by atoms with E-state index in [0.717, 1.165) is 0 Å². The molecule has 0 bridgehead atoms. The maximum absolute atomic E-state index is 12.7. The summed E-state index contributed by atoms with van der Waals surface area (Å²) >= 11 is 0. The number of nitrogens with zero attached hydrogens (tertiary/aromatic N) is 4. The third-order valence-electron chi connectivity index (χ3n) is 3.95. The monoisotopic (exact) mass is 314 g/mol. The molecule has 2 aromatic heterocycles. The first kappa shape index (κ1) is 15.2. The second-order valence-electron chi connectivity index (χ2n) is 5.51. The highest BCUT2D eigenvalue weighted by atomic mass is 16.4. The number of anilines is 1. The van der Waals surface area contributed by atoms with Gasteiger partial charge in [-0.05, 0) is 25.5 Å². The van der Waals surface area contributed by atoms with Crippen molar-refractivity contribution < 1.29 is 9.21 Å². The Morgan fingerprint density at radius 2 is 1.78 bits per heavy atom. The number of amides is 1. The summed E-state index contributed by atoms with van der Waals surface area (Å²) in [4.78, 5) is 36.3. The highest BCUT2D eigenvalue weighted by molar-refractivity contribution is 5.96. The smallest absolute Gasteiger partial charge is 0.336 e. The fourth-order valence-corrected chi connectivity index (χ4v) is 2.80. The fraction of sp³-hybridized carbons (Fsp3) is 0.375. The second-order valence-corrected chi connectivity index (χ2v) is 5.51. The maximum atomic E-state index is 12.7. The van der Waals surface area contributed by atoms with E-state index in [-0.39, 0.29) is 5.91 Å². The van der Waals surface area contributed by atoms with Crippen molar-refractivity contribution in [3.63, 3.8) is 0 Å². The molecule has 2 aromatic rings. The minimum atomic E-state index is -0.428. The summed E-state index contributed by atoms with van der Waals surface area (Å²) in [5.41, 5.74) is 0.703. The molecule has 0 unspecified atom stereocenters. The topological polar surface area (TPSA) is 79.5 Å². The molecule has 0 N–H and O–H groups in total. The van der Waals surface area contributed by atoms with Crippen molar-refractivity contribution in [2.45, 2.75) is 13.8 Å². The van der Waals surface area contributed by atoms with Gasteiger partial charge in [-0.15, -0.1) is 0 Å². The van der Waals surface area contributed by atoms with Crippen LogP contribution >= 0.6 is 0 Å². The van der Waals surface area contributed by atoms with Crippen LogP contribution in [0.4, 0.5) is 5.95 Å². The first-order valence-corrected chi connectivity index (χ1v) is 7.49. The molecule has 0 radical (unpaired) electrons. The van der Waals surface area contributed by atoms with Crippen LogP contribution in [0.15, 0.2) is 33.7 Å². The highest BCUT2D eigenvalue weighted by Crippen LogP contribution is 2.17. The van der Waals surface area contributed by atoms with Crippen LogP contribution in [0, 0.1) is 13.8 Å². The molecule has 7 nitrogen and oxygen atoms in total. The molecule has 1 aliphatic heterocycles. The number of hydrogen-bond donors (Lipinski definition) is 0. The van der Waals surface area contributed by atoms with Gasteiger partial charge in [0.25, 0.3) is 5.91 Å². The van der Waals surface area contributed by atoms with E-state index in [1.807, 2.05) is 0 Å². The summed E-state index contributed by atoms with van der Waals surface area (Å²) < 4.78 is 5.06. The SMILES string of the molecule is Cc1cc(=O)oc(C)c1C(=O)N1CCN(c2ncccn2)CC1. The normalized spacial score (nSPS) is 14.9. The number of aromatic nitrogens is 2. The van der Waals surface area contributed by atoms with Gasteiger partial charge in [0.05, 0.1) is 5.56 Å². The van der Waals surface area contributed by atoms with E-state index >= 15 is 0 Å². The van der Waals surface area contributed by atoms with Crippen molar-refractivity contribution in [2.75, 3.05) is 31.1 Å². The summed E-state index contributed by atoms with van der Waals surface area (Å²) in [7, 11) is 0. The van der Waals surface area contributed by atoms with E-state index in [0.29, 0.717) is 49.0 Å². The van der Waals surface area contributed by atoms with E-state index in [1.165, 1.54) is 6.07 Å². The first-order chi connectivity index (χ1) is 11.1. The van der Waals surface area contributed by atoms with Crippen LogP contribution in [-0.2, 0) is 0 Å². The maximum Gasteiger partial charge on any atom is 0.336 e. The number of carbonyl (C=O) groups excluding carboxylic acids is 1. The zero-order valence-corrected chi connectivity index (χ0v) is 13.2. The molecule has 3 rings (SSSR count). The van der Waals surface area contributed by atoms with Gasteiger partial charge in [-0.25, -0.2) is 14.8 Å². The fourth-order valence-electron chi connectivity index (χ4n) is 2.80. The molecule has 0 atom stereocenters. The lowest BCUT2D eigenvalue weighted by Crippen LogP contribution is -2.49. The van der Waals surface area contributed by atoms with Crippen LogP contribution in [0.1, 0.15) is 21.7 Å². The lowest BCUT2D eigenvalue weighted by atomic mass is 10.1. The first-order valence-electron chi connectivity index (χ1n) is 7.49. The second kappa shape index (κ2) is 6.20. The van der Waals surface area contributed by atoms with Crippen LogP contribution in [-0.4, -0.2) is 47.0 Å². The predicted octanol–water partition coefficient (Wildman–Crippen LogP) is 1.01. The van der Waals surface area contributed by atoms with Gasteiger partial charge in [0.15, 0.2) is 0 Å². The van der Waals surface area contributed by atoms with Gasteiger partial charge in [0, 0.05) is 44.6 Å². The molecule has 1 amide bonds. The van der Waals surface area contributed by atoms with Crippen molar-refractivity contribution in [3.05, 3.63) is 51.8 Å². The van der Waals surface area contributed by atoms with E-state index in [2.05, 4.69) is 14.9 Å². The quantitative estimate of drug-likeness (QED) is 0.823. The zero-order valence-electron chi connectivity index (χ0n) is 13.2. The van der Waals surface area contributed by atoms with Gasteiger partial charge in [0.1, 0.15) is 5.76 Å².